The number of benzene rings is 2. The summed E-state index contributed by atoms with van der Waals surface area (Å²) in [6.45, 7) is 15.8. The first-order chi connectivity index (χ1) is 31.9. The highest BCUT2D eigenvalue weighted by Gasteiger charge is 2.36. The van der Waals surface area contributed by atoms with Crippen molar-refractivity contribution in [2.24, 2.45) is 0 Å². The minimum atomic E-state index is -1.41. The summed E-state index contributed by atoms with van der Waals surface area (Å²) in [5, 5.41) is 13.5. The summed E-state index contributed by atoms with van der Waals surface area (Å²) in [4.78, 5) is 49.7. The Morgan fingerprint density at radius 3 is 1.61 bits per heavy atom. The van der Waals surface area contributed by atoms with Crippen LogP contribution in [0.1, 0.15) is 20.8 Å². The van der Waals surface area contributed by atoms with Crippen LogP contribution in [0.3, 0.4) is 0 Å². The van der Waals surface area contributed by atoms with Crippen LogP contribution in [-0.2, 0) is 71.2 Å². The summed E-state index contributed by atoms with van der Waals surface area (Å²) in [5.41, 5.74) is -1.55. The fourth-order valence-corrected chi connectivity index (χ4v) is 6.55. The monoisotopic (exact) mass is 949 g/mol. The van der Waals surface area contributed by atoms with Crippen molar-refractivity contribution >= 4 is 49.4 Å². The molecule has 3 aromatic rings. The second-order valence-corrected chi connectivity index (χ2v) is 15.1. The van der Waals surface area contributed by atoms with Gasteiger partial charge < -0.3 is 72.0 Å². The van der Waals surface area contributed by atoms with Crippen molar-refractivity contribution in [3.63, 3.8) is 0 Å². The molecule has 0 fully saturated rings. The molecule has 4 atom stereocenters. The fourth-order valence-electron chi connectivity index (χ4n) is 5.50. The van der Waals surface area contributed by atoms with Crippen molar-refractivity contribution in [1.82, 2.24) is 5.32 Å². The zero-order chi connectivity index (χ0) is 48.0. The number of hydrogen-bond acceptors (Lipinski definition) is 19. The van der Waals surface area contributed by atoms with Crippen LogP contribution in [0.25, 0.3) is 20.2 Å². The molecular weight excluding hydrogens is 887 g/mol. The zero-order valence-electron chi connectivity index (χ0n) is 37.8. The number of amides is 1. The van der Waals surface area contributed by atoms with E-state index in [-0.39, 0.29) is 105 Å². The van der Waals surface area contributed by atoms with E-state index in [4.69, 9.17) is 61.6 Å². The predicted octanol–water partition coefficient (Wildman–Crippen LogP) is 3.82. The van der Waals surface area contributed by atoms with Gasteiger partial charge in [-0.25, -0.2) is 9.59 Å². The van der Waals surface area contributed by atoms with Gasteiger partial charge in [-0.3, -0.25) is 9.59 Å². The van der Waals surface area contributed by atoms with Gasteiger partial charge in [-0.2, -0.15) is 0 Å². The van der Waals surface area contributed by atoms with Crippen molar-refractivity contribution in [3.8, 4) is 5.75 Å². The van der Waals surface area contributed by atoms with E-state index in [9.17, 15) is 24.3 Å². The Morgan fingerprint density at radius 1 is 0.636 bits per heavy atom. The second-order valence-electron chi connectivity index (χ2n) is 14.0. The number of carbonyl (C=O) groups excluding carboxylic acids is 3. The maximum atomic E-state index is 13.8. The molecule has 1 amide bonds. The van der Waals surface area contributed by atoms with Gasteiger partial charge in [0, 0.05) is 32.3 Å². The minimum Gasteiger partial charge on any atom is -0.484 e. The quantitative estimate of drug-likeness (QED) is 0.0208. The van der Waals surface area contributed by atoms with Crippen molar-refractivity contribution < 1.29 is 81.1 Å². The molecule has 4 unspecified atom stereocenters. The maximum Gasteiger partial charge on any atom is 0.330 e. The summed E-state index contributed by atoms with van der Waals surface area (Å²) < 4.78 is 74.6. The third kappa shape index (κ3) is 22.2. The molecule has 0 aliphatic rings. The first-order valence-corrected chi connectivity index (χ1v) is 22.0. The highest BCUT2D eigenvalue weighted by atomic mass is 32.1. The first-order valence-electron chi connectivity index (χ1n) is 21.2. The molecule has 0 aliphatic carbocycles. The van der Waals surface area contributed by atoms with Crippen LogP contribution in [0.4, 0.5) is 0 Å². The lowest BCUT2D eigenvalue weighted by Crippen LogP contribution is -2.60. The molecule has 1 aromatic heterocycles. The van der Waals surface area contributed by atoms with Crippen LogP contribution >= 0.6 is 11.3 Å². The molecule has 0 bridgehead atoms. The van der Waals surface area contributed by atoms with Crippen molar-refractivity contribution in [3.05, 3.63) is 90.7 Å². The molecule has 0 radical (unpaired) electrons. The first kappa shape index (κ1) is 55.6. The van der Waals surface area contributed by atoms with Gasteiger partial charge in [-0.05, 0) is 57.2 Å². The van der Waals surface area contributed by atoms with E-state index in [1.807, 2.05) is 12.1 Å². The smallest absolute Gasteiger partial charge is 0.330 e. The fraction of sp³-hybridized carbons (Fsp3) is 0.522. The Kier molecular flexibility index (Phi) is 27.1. The molecule has 0 spiro atoms. The van der Waals surface area contributed by atoms with Gasteiger partial charge in [0.15, 0.2) is 37.2 Å². The van der Waals surface area contributed by atoms with Crippen LogP contribution in [0.15, 0.2) is 85.2 Å². The average molecular weight is 950 g/mol. The average Bonchev–Trinajstić information content (AvgIpc) is 3.32. The molecule has 0 saturated carbocycles. The maximum absolute atomic E-state index is 13.8. The Labute approximate surface area is 388 Å². The standard InChI is InChI=1S/C46H63NO18S/c1-7-42(49)59-25-19-53-16-22-56-33(4)63-30-46(31-64-34(5)57-23-17-54-20-26-60-43(50)8-2,32-65-35(6)58-24-18-55-21-27-61-44(51)9-3)47-41(48)29-62-36-14-15-40-38(28-36)45(52)37-12-10-11-13-39(37)66-40/h7-15,28,33-35,42,49H,1-3,16-27,29-32H2,4-6H3,(H,47,48). The topological polar surface area (TPSA) is 221 Å². The van der Waals surface area contributed by atoms with E-state index in [2.05, 4.69) is 25.1 Å². The lowest BCUT2D eigenvalue weighted by molar-refractivity contribution is -0.202. The summed E-state index contributed by atoms with van der Waals surface area (Å²) in [6.07, 6.45) is -0.133. The number of aliphatic hydroxyl groups is 1. The lowest BCUT2D eigenvalue weighted by atomic mass is 10.0. The number of hydrogen-bond donors (Lipinski definition) is 2. The number of aliphatic hydroxyl groups excluding tert-OH is 1. The van der Waals surface area contributed by atoms with Crippen LogP contribution in [0, 0.1) is 0 Å². The second kappa shape index (κ2) is 32.1. The number of nitrogens with one attached hydrogen (secondary N) is 1. The van der Waals surface area contributed by atoms with Gasteiger partial charge >= 0.3 is 11.9 Å². The van der Waals surface area contributed by atoms with Crippen molar-refractivity contribution in [2.75, 3.05) is 106 Å². The molecule has 3 rings (SSSR count). The normalized spacial score (nSPS) is 14.1. The van der Waals surface area contributed by atoms with Gasteiger partial charge in [0.1, 0.15) is 24.5 Å². The number of ether oxygens (including phenoxy) is 13. The largest absolute Gasteiger partial charge is 0.484 e. The third-order valence-corrected chi connectivity index (χ3v) is 9.99. The van der Waals surface area contributed by atoms with E-state index >= 15 is 0 Å². The molecule has 0 saturated heterocycles. The van der Waals surface area contributed by atoms with E-state index in [0.29, 0.717) is 16.5 Å². The Morgan fingerprint density at radius 2 is 1.11 bits per heavy atom. The molecular formula is C46H63NO18S. The van der Waals surface area contributed by atoms with Gasteiger partial charge in [-0.1, -0.05) is 31.9 Å². The number of esters is 2. The van der Waals surface area contributed by atoms with E-state index < -0.39 is 55.2 Å². The van der Waals surface area contributed by atoms with Crippen molar-refractivity contribution in [1.29, 1.82) is 0 Å². The molecule has 366 valence electrons. The van der Waals surface area contributed by atoms with Crippen molar-refractivity contribution in [2.45, 2.75) is 51.5 Å². The molecule has 20 heteroatoms. The Bertz CT molecular complexity index is 1950. The van der Waals surface area contributed by atoms with Crippen LogP contribution in [-0.4, -0.2) is 159 Å². The highest BCUT2D eigenvalue weighted by molar-refractivity contribution is 7.24. The summed E-state index contributed by atoms with van der Waals surface area (Å²) in [5.74, 6) is -1.37. The lowest BCUT2D eigenvalue weighted by Gasteiger charge is -2.36. The number of fused-ring (bicyclic) bond motifs is 2. The summed E-state index contributed by atoms with van der Waals surface area (Å²) in [6, 6.07) is 12.4. The Hall–Kier alpha value is -4.68. The Balaban J connectivity index is 1.72. The molecule has 2 aromatic carbocycles. The molecule has 1 heterocycles. The molecule has 2 N–H and O–H groups in total. The number of carbonyl (C=O) groups is 3. The van der Waals surface area contributed by atoms with E-state index in [1.54, 1.807) is 51.1 Å². The highest BCUT2D eigenvalue weighted by Crippen LogP contribution is 2.27. The molecule has 66 heavy (non-hydrogen) atoms. The van der Waals surface area contributed by atoms with E-state index in [0.717, 1.165) is 21.6 Å². The SMILES string of the molecule is C=CC(=O)OCCOCCOC(C)OCC(COC(C)OCCOCCOC(=O)C=C)(COC(C)OCCOCCOC(O)C=C)NC(=O)COc1ccc2sc3ccccc3c(=O)c2c1. The predicted molar refractivity (Wildman–Crippen MR) is 243 cm³/mol. The van der Waals surface area contributed by atoms with Crippen LogP contribution in [0.2, 0.25) is 0 Å². The third-order valence-electron chi connectivity index (χ3n) is 8.84. The number of rotatable bonds is 38. The van der Waals surface area contributed by atoms with Gasteiger partial charge in [0.05, 0.1) is 85.9 Å². The van der Waals surface area contributed by atoms with Gasteiger partial charge in [-0.15, -0.1) is 11.3 Å². The van der Waals surface area contributed by atoms with Crippen LogP contribution in [0.5, 0.6) is 5.75 Å². The molecule has 0 aliphatic heterocycles. The summed E-state index contributed by atoms with van der Waals surface area (Å²) >= 11 is 1.48. The summed E-state index contributed by atoms with van der Waals surface area (Å²) in [7, 11) is 0. The minimum absolute atomic E-state index is 0.0502. The van der Waals surface area contributed by atoms with Crippen LogP contribution < -0.4 is 15.5 Å². The molecule has 19 nitrogen and oxygen atoms in total. The zero-order valence-corrected chi connectivity index (χ0v) is 38.6. The van der Waals surface area contributed by atoms with Gasteiger partial charge in [0.25, 0.3) is 5.91 Å². The van der Waals surface area contributed by atoms with Gasteiger partial charge in [0.2, 0.25) is 0 Å². The van der Waals surface area contributed by atoms with E-state index in [1.165, 1.54) is 17.4 Å².